The molecule has 6 aliphatic carbocycles. The molecule has 548 valence electrons. The number of rotatable bonds is 14. The van der Waals surface area contributed by atoms with Gasteiger partial charge in [0.05, 0.1) is 61.9 Å². The maximum absolute atomic E-state index is 14.4. The molecule has 0 radical (unpaired) electrons. The average molecular weight is 1380 g/mol. The van der Waals surface area contributed by atoms with E-state index in [-0.39, 0.29) is 169 Å². The Morgan fingerprint density at radius 3 is 1.27 bits per heavy atom. The largest absolute Gasteiger partial charge is 0.462 e. The van der Waals surface area contributed by atoms with Gasteiger partial charge in [-0.3, -0.25) is 38.4 Å². The van der Waals surface area contributed by atoms with E-state index in [0.29, 0.717) is 94.6 Å². The van der Waals surface area contributed by atoms with Crippen LogP contribution in [0.4, 0.5) is 0 Å². The summed E-state index contributed by atoms with van der Waals surface area (Å²) in [6.07, 6.45) is 5.04. The summed E-state index contributed by atoms with van der Waals surface area (Å²) in [6, 6.07) is 0. The smallest absolute Gasteiger partial charge is 0.306 e. The molecule has 10 fully saturated rings. The van der Waals surface area contributed by atoms with Gasteiger partial charge in [0.25, 0.3) is 0 Å². The van der Waals surface area contributed by atoms with Gasteiger partial charge in [-0.05, 0) is 138 Å². The van der Waals surface area contributed by atoms with Crippen molar-refractivity contribution in [1.29, 1.82) is 0 Å². The highest BCUT2D eigenvalue weighted by Crippen LogP contribution is 2.64. The molecule has 0 spiro atoms. The van der Waals surface area contributed by atoms with Gasteiger partial charge in [-0.1, -0.05) is 39.8 Å². The fraction of sp³-hybridized carbons (Fsp3) is 0.838. The van der Waals surface area contributed by atoms with Crippen molar-refractivity contribution < 1.29 is 114 Å². The molecule has 12 aliphatic rings. The number of cyclic esters (lactones) is 2. The molecule has 6 saturated heterocycles. The van der Waals surface area contributed by atoms with Crippen molar-refractivity contribution in [2.45, 2.75) is 268 Å². The third-order valence-corrected chi connectivity index (χ3v) is 24.8. The van der Waals surface area contributed by atoms with Gasteiger partial charge in [-0.25, -0.2) is 0 Å². The lowest BCUT2D eigenvalue weighted by molar-refractivity contribution is -0.314. The first-order valence-corrected chi connectivity index (χ1v) is 36.4. The number of carbonyl (C=O) groups excluding carboxylic acids is 8. The molecular formula is C74H108O24. The first-order chi connectivity index (χ1) is 47.0. The minimum absolute atomic E-state index is 0.0192. The lowest BCUT2D eigenvalue weighted by Gasteiger charge is -2.45. The summed E-state index contributed by atoms with van der Waals surface area (Å²) in [5.41, 5.74) is 1.15. The molecule has 0 aromatic carbocycles. The van der Waals surface area contributed by atoms with Gasteiger partial charge in [0.1, 0.15) is 73.2 Å². The van der Waals surface area contributed by atoms with Crippen molar-refractivity contribution >= 4 is 47.4 Å². The van der Waals surface area contributed by atoms with Crippen LogP contribution in [-0.4, -0.2) is 200 Å². The molecule has 8 unspecified atom stereocenters. The number of ether oxygens (including phenoxy) is 16. The standard InChI is InChI=1S/2C37H54O12/c1-8-20-10-9-11-28(46-19(4)38)17(2)32(41)25-14-23-22-12-21(48-37-36(44-7)35(43-6)33(42-5)18(3)45-37)13-26(22)34-27(16-30(40)49-34)31(23)24(25)15-29(39)47-20;1-8-20-10-9-11-28(46-19(4)38)17(2)32(41)26-14-24-22-12-21(48-37-36(44-7)35(43-6)33(42-5)18(3)45-37)13-23(22)27-16-30(40)49-34(27)31(24)25(26)15-29(39)47-20/h14,17-18,20-24,26-28,31,33-37H,8-13,15-16H2,1-7H3;14,17-18,20-25,27-28,31,33-37H,8-13,15-16H2,1-7H3/t17-,18?,20+,21+,22+,23+,24-,26-,27?,28+,31-,33+,34?,35?,36+,37+;17-,18?,20+,21+,22-,23-,24+,25-,27?,28+,31-,33+,34?,35?,36+,37+/m11/s1. The minimum atomic E-state index is -0.696. The Hall–Kier alpha value is -4.76. The van der Waals surface area contributed by atoms with Crippen LogP contribution in [0, 0.1) is 82.9 Å². The Morgan fingerprint density at radius 1 is 0.439 bits per heavy atom. The third-order valence-electron chi connectivity index (χ3n) is 24.8. The van der Waals surface area contributed by atoms with E-state index in [2.05, 4.69) is 12.2 Å². The normalized spacial score (nSPS) is 45.4. The van der Waals surface area contributed by atoms with Gasteiger partial charge in [0, 0.05) is 92.0 Å². The van der Waals surface area contributed by atoms with Crippen molar-refractivity contribution in [3.63, 3.8) is 0 Å². The summed E-state index contributed by atoms with van der Waals surface area (Å²) in [6.45, 7) is 14.2. The van der Waals surface area contributed by atoms with Crippen LogP contribution in [-0.2, 0) is 114 Å². The van der Waals surface area contributed by atoms with Crippen molar-refractivity contribution in [2.24, 2.45) is 82.9 Å². The SMILES string of the molecule is CC[C@H]1CCC[C@H](OC(C)=O)[C@@H](C)C(=O)C2=C[C@H]3[C@@H]4C[C@H](O[C@@H]5OC(C)[C@H](OC)C(OC)[C@@H]5OC)C[C@H]4C4CC(=O)OC4[C@H]3[C@@H]2CC(=O)O1.CC[C@H]1CCC[C@H](OC(C)=O)[C@@H](C)C(=O)C2=C[C@H]3[C@@H]4C[C@H](O[C@@H]5OC(C)[C@H](OC)C(OC)[C@@H]5OC)C[C@H]4C4OC(=O)CC4[C@H]3[C@@H]2CC(=O)O1. The second-order valence-electron chi connectivity index (χ2n) is 30.1. The number of allylic oxidation sites excluding steroid dienone is 4. The molecule has 32 atom stereocenters. The number of esters is 6. The molecule has 0 aromatic rings. The molecular weight excluding hydrogens is 1270 g/mol. The van der Waals surface area contributed by atoms with E-state index in [1.54, 1.807) is 42.7 Å². The minimum Gasteiger partial charge on any atom is -0.462 e. The van der Waals surface area contributed by atoms with E-state index in [0.717, 1.165) is 0 Å². The molecule has 12 rings (SSSR count). The van der Waals surface area contributed by atoms with Crippen molar-refractivity contribution in [2.75, 3.05) is 42.7 Å². The first kappa shape index (κ1) is 74.4. The molecule has 6 aliphatic heterocycles. The van der Waals surface area contributed by atoms with Crippen LogP contribution in [0.25, 0.3) is 0 Å². The van der Waals surface area contributed by atoms with E-state index < -0.39 is 90.9 Å². The zero-order chi connectivity index (χ0) is 70.3. The number of carbonyl (C=O) groups is 8. The van der Waals surface area contributed by atoms with E-state index in [1.165, 1.54) is 13.8 Å². The van der Waals surface area contributed by atoms with Crippen molar-refractivity contribution in [1.82, 2.24) is 0 Å². The summed E-state index contributed by atoms with van der Waals surface area (Å²) < 4.78 is 96.1. The Balaban J connectivity index is 0.000000198. The summed E-state index contributed by atoms with van der Waals surface area (Å²) in [4.78, 5) is 106. The fourth-order valence-corrected chi connectivity index (χ4v) is 20.5. The molecule has 0 amide bonds. The lowest BCUT2D eigenvalue weighted by atomic mass is 9.59. The van der Waals surface area contributed by atoms with Gasteiger partial charge in [-0.15, -0.1) is 0 Å². The molecule has 0 aromatic heterocycles. The van der Waals surface area contributed by atoms with Crippen LogP contribution in [0.5, 0.6) is 0 Å². The van der Waals surface area contributed by atoms with Crippen LogP contribution in [0.15, 0.2) is 23.3 Å². The van der Waals surface area contributed by atoms with E-state index >= 15 is 0 Å². The zero-order valence-corrected chi connectivity index (χ0v) is 59.7. The molecule has 98 heavy (non-hydrogen) atoms. The number of Topliss-reactive ketones (excluding diaryl/α,β-unsaturated/α-hetero) is 2. The highest BCUT2D eigenvalue weighted by Gasteiger charge is 2.65. The molecule has 24 nitrogen and oxygen atoms in total. The Labute approximate surface area is 576 Å². The monoisotopic (exact) mass is 1380 g/mol. The highest BCUT2D eigenvalue weighted by atomic mass is 16.7. The molecule has 0 bridgehead atoms. The number of ketones is 2. The van der Waals surface area contributed by atoms with Crippen LogP contribution >= 0.6 is 0 Å². The predicted octanol–water partition coefficient (Wildman–Crippen LogP) is 7.91. The van der Waals surface area contributed by atoms with Gasteiger partial charge < -0.3 is 75.8 Å². The number of methoxy groups -OCH3 is 6. The zero-order valence-electron chi connectivity index (χ0n) is 59.7. The predicted molar refractivity (Wildman–Crippen MR) is 345 cm³/mol. The van der Waals surface area contributed by atoms with Crippen molar-refractivity contribution in [3.05, 3.63) is 23.3 Å². The maximum atomic E-state index is 14.4. The van der Waals surface area contributed by atoms with Crippen LogP contribution in [0.3, 0.4) is 0 Å². The molecule has 0 N–H and O–H groups in total. The molecule has 6 heterocycles. The number of hydrogen-bond acceptors (Lipinski definition) is 24. The van der Waals surface area contributed by atoms with Gasteiger partial charge in [0.2, 0.25) is 0 Å². The average Bonchev–Trinajstić information content (AvgIpc) is 1.57. The Kier molecular flexibility index (Phi) is 24.2. The first-order valence-electron chi connectivity index (χ1n) is 36.4. The summed E-state index contributed by atoms with van der Waals surface area (Å²) in [7, 11) is 9.70. The van der Waals surface area contributed by atoms with Gasteiger partial charge in [0.15, 0.2) is 24.1 Å². The van der Waals surface area contributed by atoms with Crippen LogP contribution in [0.2, 0.25) is 0 Å². The summed E-state index contributed by atoms with van der Waals surface area (Å²) >= 11 is 0. The van der Waals surface area contributed by atoms with E-state index in [1.807, 2.05) is 41.5 Å². The number of fused-ring (bicyclic) bond motifs is 16. The maximum Gasteiger partial charge on any atom is 0.306 e. The summed E-state index contributed by atoms with van der Waals surface area (Å²) in [5.74, 6) is -4.82. The number of hydrogen-bond donors (Lipinski definition) is 0. The van der Waals surface area contributed by atoms with Gasteiger partial charge in [-0.2, -0.15) is 0 Å². The summed E-state index contributed by atoms with van der Waals surface area (Å²) in [5, 5.41) is 0. The van der Waals surface area contributed by atoms with Crippen LogP contribution < -0.4 is 0 Å². The second kappa shape index (κ2) is 31.9. The van der Waals surface area contributed by atoms with E-state index in [9.17, 15) is 38.4 Å². The van der Waals surface area contributed by atoms with Crippen molar-refractivity contribution in [3.8, 4) is 0 Å². The van der Waals surface area contributed by atoms with E-state index in [4.69, 9.17) is 75.8 Å². The highest BCUT2D eigenvalue weighted by molar-refractivity contribution is 6.00. The quantitative estimate of drug-likeness (QED) is 0.118. The lowest BCUT2D eigenvalue weighted by Crippen LogP contribution is -2.59. The van der Waals surface area contributed by atoms with Gasteiger partial charge >= 0.3 is 35.8 Å². The molecule has 24 heteroatoms. The van der Waals surface area contributed by atoms with Crippen LogP contribution in [0.1, 0.15) is 158 Å². The molecule has 4 saturated carbocycles. The third kappa shape index (κ3) is 14.9. The second-order valence-corrected chi connectivity index (χ2v) is 30.1. The fourth-order valence-electron chi connectivity index (χ4n) is 20.5. The Morgan fingerprint density at radius 2 is 0.827 bits per heavy atom. The Bertz CT molecular complexity index is 2760. The topological polar surface area (TPSA) is 284 Å².